The van der Waals surface area contributed by atoms with Gasteiger partial charge in [-0.15, -0.1) is 0 Å². The van der Waals surface area contributed by atoms with Gasteiger partial charge in [-0.2, -0.15) is 0 Å². The van der Waals surface area contributed by atoms with Gasteiger partial charge in [0.05, 0.1) is 4.90 Å². The Morgan fingerprint density at radius 3 is 2.00 bits per heavy atom. The quantitative estimate of drug-likeness (QED) is 0.885. The average Bonchev–Trinajstić information content (AvgIpc) is 2.39. The van der Waals surface area contributed by atoms with Gasteiger partial charge in [0, 0.05) is 5.56 Å². The normalized spacial score (nSPS) is 13.5. The van der Waals surface area contributed by atoms with Crippen molar-refractivity contribution in [2.45, 2.75) is 11.8 Å². The van der Waals surface area contributed by atoms with Crippen molar-refractivity contribution in [3.05, 3.63) is 65.7 Å². The van der Waals surface area contributed by atoms with E-state index in [9.17, 15) is 18.1 Å². The Labute approximate surface area is 111 Å². The van der Waals surface area contributed by atoms with Crippen molar-refractivity contribution in [3.8, 4) is 0 Å². The van der Waals surface area contributed by atoms with Crippen LogP contribution in [0.3, 0.4) is 0 Å². The maximum Gasteiger partial charge on any atom is 0.277 e. The second-order valence-corrected chi connectivity index (χ2v) is 6.90. The van der Waals surface area contributed by atoms with Gasteiger partial charge in [-0.05, 0) is 19.1 Å². The summed E-state index contributed by atoms with van der Waals surface area (Å²) in [6, 6.07) is 13.2. The molecule has 2 aromatic rings. The molecular weight excluding hydrogens is 264 g/mol. The molecule has 0 saturated carbocycles. The van der Waals surface area contributed by atoms with E-state index in [4.69, 9.17) is 0 Å². The second kappa shape index (κ2) is 4.38. The van der Waals surface area contributed by atoms with Crippen molar-refractivity contribution in [2.24, 2.45) is 0 Å². The molecule has 0 amide bonds. The fourth-order valence-corrected chi connectivity index (χ4v) is 3.10. The van der Waals surface area contributed by atoms with Gasteiger partial charge in [0.1, 0.15) is 0 Å². The molecule has 2 aromatic carbocycles. The zero-order valence-electron chi connectivity index (χ0n) is 10.3. The van der Waals surface area contributed by atoms with Gasteiger partial charge < -0.3 is 0 Å². The number of hydrogen-bond acceptors (Lipinski definition) is 2. The van der Waals surface area contributed by atoms with Crippen molar-refractivity contribution in [1.82, 2.24) is 0 Å². The number of hydrogen-bond donors (Lipinski definition) is 2. The minimum Gasteiger partial charge on any atom is -0.298 e. The van der Waals surface area contributed by atoms with Crippen LogP contribution in [-0.4, -0.2) is 18.4 Å². The molecule has 0 aromatic heterocycles. The van der Waals surface area contributed by atoms with Crippen molar-refractivity contribution in [3.63, 3.8) is 0 Å². The Hall–Kier alpha value is -1.82. The molecule has 0 aliphatic carbocycles. The molecule has 0 aliphatic rings. The van der Waals surface area contributed by atoms with E-state index < -0.39 is 14.7 Å². The smallest absolute Gasteiger partial charge is 0.277 e. The van der Waals surface area contributed by atoms with Gasteiger partial charge in [0.15, 0.2) is 9.63 Å². The third-order valence-corrected chi connectivity index (χ3v) is 4.82. The summed E-state index contributed by atoms with van der Waals surface area (Å²) in [7, 11) is -5.54. The SMILES string of the molecule is Cc1ccc(C(=O)S(=O)(O)(O)c2ccccc2)cc1. The predicted octanol–water partition coefficient (Wildman–Crippen LogP) is 2.96. The zero-order chi connectivity index (χ0) is 14.1. The molecule has 5 heteroatoms. The fourth-order valence-electron chi connectivity index (χ4n) is 1.67. The van der Waals surface area contributed by atoms with E-state index in [0.29, 0.717) is 0 Å². The van der Waals surface area contributed by atoms with Crippen LogP contribution < -0.4 is 0 Å². The van der Waals surface area contributed by atoms with Crippen LogP contribution in [0.25, 0.3) is 0 Å². The lowest BCUT2D eigenvalue weighted by Crippen LogP contribution is -2.40. The maximum atomic E-state index is 12.3. The molecule has 0 saturated heterocycles. The van der Waals surface area contributed by atoms with E-state index in [2.05, 4.69) is 0 Å². The van der Waals surface area contributed by atoms with E-state index in [1.807, 2.05) is 6.92 Å². The van der Waals surface area contributed by atoms with Gasteiger partial charge >= 0.3 is 0 Å². The Balaban J connectivity index is 2.53. The van der Waals surface area contributed by atoms with E-state index in [-0.39, 0.29) is 10.5 Å². The first-order valence-electron chi connectivity index (χ1n) is 5.63. The summed E-state index contributed by atoms with van der Waals surface area (Å²) < 4.78 is 32.3. The lowest BCUT2D eigenvalue weighted by atomic mass is 10.2. The predicted molar refractivity (Wildman–Crippen MR) is 73.6 cm³/mol. The first kappa shape index (κ1) is 13.6. The van der Waals surface area contributed by atoms with Crippen LogP contribution >= 0.6 is 0 Å². The van der Waals surface area contributed by atoms with Crippen LogP contribution in [0.5, 0.6) is 0 Å². The van der Waals surface area contributed by atoms with Crippen LogP contribution in [-0.2, 0) is 9.63 Å². The highest BCUT2D eigenvalue weighted by molar-refractivity contribution is 8.23. The largest absolute Gasteiger partial charge is 0.298 e. The topological polar surface area (TPSA) is 74.6 Å². The molecule has 0 heterocycles. The van der Waals surface area contributed by atoms with Crippen molar-refractivity contribution < 1.29 is 18.1 Å². The van der Waals surface area contributed by atoms with E-state index in [1.165, 1.54) is 36.4 Å². The number of aryl methyl sites for hydroxylation is 1. The monoisotopic (exact) mass is 278 g/mol. The molecule has 100 valence electrons. The second-order valence-electron chi connectivity index (χ2n) is 4.33. The Kier molecular flexibility index (Phi) is 3.14. The zero-order valence-corrected chi connectivity index (χ0v) is 11.1. The van der Waals surface area contributed by atoms with Gasteiger partial charge in [-0.25, -0.2) is 4.21 Å². The van der Waals surface area contributed by atoms with Crippen molar-refractivity contribution in [1.29, 1.82) is 0 Å². The maximum absolute atomic E-state index is 12.3. The van der Waals surface area contributed by atoms with Gasteiger partial charge in [-0.1, -0.05) is 48.0 Å². The molecule has 2 N–H and O–H groups in total. The lowest BCUT2D eigenvalue weighted by molar-refractivity contribution is 0.104. The molecule has 0 atom stereocenters. The van der Waals surface area contributed by atoms with E-state index in [1.54, 1.807) is 18.2 Å². The Morgan fingerprint density at radius 2 is 1.47 bits per heavy atom. The van der Waals surface area contributed by atoms with Gasteiger partial charge in [-0.3, -0.25) is 13.9 Å². The molecule has 2 rings (SSSR count). The highest BCUT2D eigenvalue weighted by atomic mass is 32.3. The third kappa shape index (κ3) is 2.49. The standard InChI is InChI=1S/C14H14O4S/c1-11-7-9-12(10-8-11)14(15)19(16,17,18)13-5-3-2-4-6-13/h2-10H,1H3,(H2,16,17,18). The summed E-state index contributed by atoms with van der Waals surface area (Å²) in [6.07, 6.45) is 0. The summed E-state index contributed by atoms with van der Waals surface area (Å²) in [5, 5.41) is -1.19. The number of carbonyl (C=O) groups excluding carboxylic acids is 1. The molecule has 0 spiro atoms. The molecular formula is C14H14O4S. The third-order valence-electron chi connectivity index (χ3n) is 2.79. The molecule has 0 radical (unpaired) electrons. The molecule has 4 nitrogen and oxygen atoms in total. The Bertz CT molecular complexity index is 668. The molecule has 0 fully saturated rings. The first-order chi connectivity index (χ1) is 8.80. The summed E-state index contributed by atoms with van der Waals surface area (Å²) in [6.45, 7) is 1.83. The Morgan fingerprint density at radius 1 is 0.947 bits per heavy atom. The highest BCUT2D eigenvalue weighted by Crippen LogP contribution is 2.32. The molecule has 19 heavy (non-hydrogen) atoms. The number of rotatable bonds is 2. The number of benzene rings is 2. The average molecular weight is 278 g/mol. The van der Waals surface area contributed by atoms with Gasteiger partial charge in [0.2, 0.25) is 0 Å². The van der Waals surface area contributed by atoms with Crippen LogP contribution in [0.4, 0.5) is 0 Å². The molecule has 0 bridgehead atoms. The van der Waals surface area contributed by atoms with Crippen molar-refractivity contribution in [2.75, 3.05) is 0 Å². The fraction of sp³-hybridized carbons (Fsp3) is 0.0714. The van der Waals surface area contributed by atoms with Crippen LogP contribution in [0, 0.1) is 6.92 Å². The van der Waals surface area contributed by atoms with E-state index >= 15 is 0 Å². The minimum atomic E-state index is -5.54. The van der Waals surface area contributed by atoms with Crippen LogP contribution in [0.1, 0.15) is 15.9 Å². The summed E-state index contributed by atoms with van der Waals surface area (Å²) >= 11 is 0. The summed E-state index contributed by atoms with van der Waals surface area (Å²) in [4.78, 5) is 11.8. The lowest BCUT2D eigenvalue weighted by Gasteiger charge is -2.28. The van der Waals surface area contributed by atoms with Crippen LogP contribution in [0.15, 0.2) is 59.5 Å². The minimum absolute atomic E-state index is 0.00328. The highest BCUT2D eigenvalue weighted by Gasteiger charge is 2.42. The molecule has 0 unspecified atom stereocenters. The number of carbonyl (C=O) groups is 1. The van der Waals surface area contributed by atoms with Crippen LogP contribution in [0.2, 0.25) is 0 Å². The van der Waals surface area contributed by atoms with Gasteiger partial charge in [0.25, 0.3) is 5.12 Å². The summed E-state index contributed by atoms with van der Waals surface area (Å²) in [5.41, 5.74) is 0.909. The van der Waals surface area contributed by atoms with E-state index in [0.717, 1.165) is 5.56 Å². The molecule has 0 aliphatic heterocycles. The first-order valence-corrected chi connectivity index (χ1v) is 7.51. The summed E-state index contributed by atoms with van der Waals surface area (Å²) in [5.74, 6) is 0. The van der Waals surface area contributed by atoms with Crippen molar-refractivity contribution >= 4 is 14.7 Å².